The molecule has 0 aliphatic carbocycles. The van der Waals surface area contributed by atoms with Crippen molar-refractivity contribution in [2.45, 2.75) is 44.0 Å². The molecule has 9 nitrogen and oxygen atoms in total. The quantitative estimate of drug-likeness (QED) is 0.279. The molecule has 11 heteroatoms. The molecule has 3 heterocycles. The van der Waals surface area contributed by atoms with Gasteiger partial charge in [0.1, 0.15) is 0 Å². The second-order valence-corrected chi connectivity index (χ2v) is 9.29. The number of hydrogen-bond donors (Lipinski definition) is 1. The van der Waals surface area contributed by atoms with Crippen LogP contribution < -0.4 is 5.32 Å². The summed E-state index contributed by atoms with van der Waals surface area (Å²) in [6.45, 7) is 3.51. The molecule has 0 radical (unpaired) electrons. The average molecular weight is 474 g/mol. The Hall–Kier alpha value is -2.76. The molecule has 1 fully saturated rings. The van der Waals surface area contributed by atoms with Crippen molar-refractivity contribution in [3.63, 3.8) is 0 Å². The monoisotopic (exact) mass is 473 g/mol. The fraction of sp³-hybridized carbons (Fsp3) is 0.381. The molecule has 1 atom stereocenters. The SMILES string of the molecule is CCc1cc(-c2nnc(SCC(=O)Nc3cccc([N+](=O)[O-])c3)n2CC2CCCO2)cs1. The number of nitro groups is 1. The number of nitrogens with zero attached hydrogens (tertiary/aromatic N) is 4. The smallest absolute Gasteiger partial charge is 0.271 e. The summed E-state index contributed by atoms with van der Waals surface area (Å²) in [6.07, 6.45) is 3.09. The predicted octanol–water partition coefficient (Wildman–Crippen LogP) is 4.39. The molecule has 1 N–H and O–H groups in total. The van der Waals surface area contributed by atoms with Crippen molar-refractivity contribution in [1.29, 1.82) is 0 Å². The first kappa shape index (κ1) is 22.4. The standard InChI is InChI=1S/C21H23N5O4S2/c1-2-18-9-14(12-31-18)20-23-24-21(25(20)11-17-7-4-8-30-17)32-13-19(27)22-15-5-3-6-16(10-15)26(28)29/h3,5-6,9-10,12,17H,2,4,7-8,11,13H2,1H3,(H,22,27). The van der Waals surface area contributed by atoms with Crippen LogP contribution in [0, 0.1) is 10.1 Å². The number of nitrogens with one attached hydrogen (secondary N) is 1. The van der Waals surface area contributed by atoms with E-state index in [1.165, 1.54) is 34.8 Å². The van der Waals surface area contributed by atoms with Crippen LogP contribution in [0.1, 0.15) is 24.6 Å². The molecule has 1 unspecified atom stereocenters. The molecule has 1 saturated heterocycles. The number of benzene rings is 1. The Morgan fingerprint density at radius 3 is 3.00 bits per heavy atom. The second kappa shape index (κ2) is 10.2. The van der Waals surface area contributed by atoms with Crippen LogP contribution in [0.25, 0.3) is 11.4 Å². The van der Waals surface area contributed by atoms with Crippen molar-refractivity contribution in [1.82, 2.24) is 14.8 Å². The number of nitro benzene ring substituents is 1. The van der Waals surface area contributed by atoms with Crippen LogP contribution in [0.4, 0.5) is 11.4 Å². The number of carbonyl (C=O) groups is 1. The summed E-state index contributed by atoms with van der Waals surface area (Å²) >= 11 is 2.98. The number of anilines is 1. The number of carbonyl (C=O) groups excluding carboxylic acids is 1. The number of thioether (sulfide) groups is 1. The maximum atomic E-state index is 12.5. The van der Waals surface area contributed by atoms with E-state index in [0.717, 1.165) is 37.3 Å². The molecule has 1 aromatic carbocycles. The number of rotatable bonds is 9. The van der Waals surface area contributed by atoms with E-state index in [9.17, 15) is 14.9 Å². The fourth-order valence-electron chi connectivity index (χ4n) is 3.47. The maximum Gasteiger partial charge on any atom is 0.271 e. The number of aromatic nitrogens is 3. The topological polar surface area (TPSA) is 112 Å². The lowest BCUT2D eigenvalue weighted by Crippen LogP contribution is -2.18. The van der Waals surface area contributed by atoms with Crippen molar-refractivity contribution >= 4 is 40.4 Å². The van der Waals surface area contributed by atoms with Gasteiger partial charge < -0.3 is 10.1 Å². The largest absolute Gasteiger partial charge is 0.376 e. The third-order valence-electron chi connectivity index (χ3n) is 5.06. The Kier molecular flexibility index (Phi) is 7.18. The molecule has 0 spiro atoms. The highest BCUT2D eigenvalue weighted by Crippen LogP contribution is 2.30. The van der Waals surface area contributed by atoms with Gasteiger partial charge >= 0.3 is 0 Å². The first-order chi connectivity index (χ1) is 15.5. The Bertz CT molecular complexity index is 1110. The van der Waals surface area contributed by atoms with Crippen molar-refractivity contribution in [3.8, 4) is 11.4 Å². The third-order valence-corrected chi connectivity index (χ3v) is 7.11. The maximum absolute atomic E-state index is 12.5. The highest BCUT2D eigenvalue weighted by molar-refractivity contribution is 7.99. The number of hydrogen-bond acceptors (Lipinski definition) is 8. The summed E-state index contributed by atoms with van der Waals surface area (Å²) < 4.78 is 7.85. The predicted molar refractivity (Wildman–Crippen MR) is 124 cm³/mol. The van der Waals surface area contributed by atoms with Crippen molar-refractivity contribution in [3.05, 3.63) is 50.7 Å². The lowest BCUT2D eigenvalue weighted by molar-refractivity contribution is -0.384. The fourth-order valence-corrected chi connectivity index (χ4v) is 5.03. The zero-order valence-electron chi connectivity index (χ0n) is 17.5. The third kappa shape index (κ3) is 5.34. The van der Waals surface area contributed by atoms with Gasteiger partial charge in [0.25, 0.3) is 5.69 Å². The highest BCUT2D eigenvalue weighted by Gasteiger charge is 2.23. The summed E-state index contributed by atoms with van der Waals surface area (Å²) in [4.78, 5) is 24.2. The average Bonchev–Trinajstić information content (AvgIpc) is 3.54. The van der Waals surface area contributed by atoms with Crippen LogP contribution in [0.5, 0.6) is 0 Å². The van der Waals surface area contributed by atoms with E-state index in [1.54, 1.807) is 17.4 Å². The van der Waals surface area contributed by atoms with E-state index in [1.807, 2.05) is 4.57 Å². The summed E-state index contributed by atoms with van der Waals surface area (Å²) in [6, 6.07) is 8.01. The molecular formula is C21H23N5O4S2. The number of amides is 1. The molecule has 1 aliphatic heterocycles. The van der Waals surface area contributed by atoms with Crippen molar-refractivity contribution in [2.75, 3.05) is 17.7 Å². The van der Waals surface area contributed by atoms with Gasteiger partial charge in [-0.05, 0) is 31.4 Å². The first-order valence-corrected chi connectivity index (χ1v) is 12.2. The summed E-state index contributed by atoms with van der Waals surface area (Å²) in [5.74, 6) is 0.612. The van der Waals surface area contributed by atoms with Gasteiger partial charge in [-0.1, -0.05) is 24.8 Å². The van der Waals surface area contributed by atoms with Gasteiger partial charge in [0.2, 0.25) is 5.91 Å². The summed E-state index contributed by atoms with van der Waals surface area (Å²) in [7, 11) is 0. The minimum atomic E-state index is -0.492. The second-order valence-electron chi connectivity index (χ2n) is 7.35. The normalized spacial score (nSPS) is 15.7. The van der Waals surface area contributed by atoms with Gasteiger partial charge in [-0.25, -0.2) is 0 Å². The number of aryl methyl sites for hydroxylation is 1. The molecule has 0 bridgehead atoms. The van der Waals surface area contributed by atoms with Gasteiger partial charge in [0, 0.05) is 40.2 Å². The number of thiophene rings is 1. The molecule has 0 saturated carbocycles. The van der Waals surface area contributed by atoms with Crippen LogP contribution in [0.15, 0.2) is 40.9 Å². The van der Waals surface area contributed by atoms with Gasteiger partial charge in [-0.15, -0.1) is 21.5 Å². The van der Waals surface area contributed by atoms with Gasteiger partial charge in [-0.3, -0.25) is 19.5 Å². The van der Waals surface area contributed by atoms with E-state index in [0.29, 0.717) is 17.4 Å². The van der Waals surface area contributed by atoms with Gasteiger partial charge in [-0.2, -0.15) is 0 Å². The Morgan fingerprint density at radius 1 is 1.41 bits per heavy atom. The molecule has 168 valence electrons. The Labute approximate surface area is 193 Å². The Morgan fingerprint density at radius 2 is 2.28 bits per heavy atom. The molecule has 4 rings (SSSR count). The van der Waals surface area contributed by atoms with E-state index >= 15 is 0 Å². The molecule has 1 aliphatic rings. The Balaban J connectivity index is 1.48. The van der Waals surface area contributed by atoms with E-state index in [-0.39, 0.29) is 23.5 Å². The van der Waals surface area contributed by atoms with Crippen LogP contribution in [0.3, 0.4) is 0 Å². The van der Waals surface area contributed by atoms with Gasteiger partial charge in [0.05, 0.1) is 23.3 Å². The van der Waals surface area contributed by atoms with Crippen LogP contribution >= 0.6 is 23.1 Å². The minimum absolute atomic E-state index is 0.0707. The summed E-state index contributed by atoms with van der Waals surface area (Å²) in [5, 5.41) is 25.1. The zero-order chi connectivity index (χ0) is 22.5. The molecule has 1 amide bonds. The van der Waals surface area contributed by atoms with Crippen LogP contribution in [-0.2, 0) is 22.5 Å². The van der Waals surface area contributed by atoms with Gasteiger partial charge in [0.15, 0.2) is 11.0 Å². The van der Waals surface area contributed by atoms with Crippen LogP contribution in [-0.4, -0.2) is 44.1 Å². The van der Waals surface area contributed by atoms with E-state index in [2.05, 4.69) is 33.9 Å². The molecule has 3 aromatic rings. The van der Waals surface area contributed by atoms with Crippen LogP contribution in [0.2, 0.25) is 0 Å². The highest BCUT2D eigenvalue weighted by atomic mass is 32.2. The van der Waals surface area contributed by atoms with Crippen molar-refractivity contribution < 1.29 is 14.5 Å². The summed E-state index contributed by atoms with van der Waals surface area (Å²) in [5.41, 5.74) is 1.33. The first-order valence-electron chi connectivity index (χ1n) is 10.3. The lowest BCUT2D eigenvalue weighted by Gasteiger charge is -2.14. The van der Waals surface area contributed by atoms with Crippen molar-refractivity contribution in [2.24, 2.45) is 0 Å². The molecular weight excluding hydrogens is 450 g/mol. The molecule has 32 heavy (non-hydrogen) atoms. The lowest BCUT2D eigenvalue weighted by atomic mass is 10.2. The van der Waals surface area contributed by atoms with E-state index < -0.39 is 4.92 Å². The molecule has 2 aromatic heterocycles. The van der Waals surface area contributed by atoms with E-state index in [4.69, 9.17) is 4.74 Å². The number of non-ortho nitro benzene ring substituents is 1. The zero-order valence-corrected chi connectivity index (χ0v) is 19.2. The minimum Gasteiger partial charge on any atom is -0.376 e. The number of ether oxygens (including phenoxy) is 1.